The lowest BCUT2D eigenvalue weighted by atomic mass is 10.1. The molecule has 24 heteroatoms. The van der Waals surface area contributed by atoms with Crippen molar-refractivity contribution in [2.45, 2.75) is 88.3 Å². The molecule has 0 aliphatic heterocycles. The van der Waals surface area contributed by atoms with Crippen molar-refractivity contribution >= 4 is 71.0 Å². The Balaban J connectivity index is 5.59. The minimum atomic E-state index is -1.82. The second kappa shape index (κ2) is 24.0. The number of carboxylic acids is 2. The zero-order chi connectivity index (χ0) is 40.1. The Morgan fingerprint density at radius 3 is 1.85 bits per heavy atom. The van der Waals surface area contributed by atoms with Crippen molar-refractivity contribution in [3.63, 3.8) is 0 Å². The Labute approximate surface area is 302 Å². The van der Waals surface area contributed by atoms with Gasteiger partial charge in [0.25, 0.3) is 0 Å². The van der Waals surface area contributed by atoms with Crippen LogP contribution in [-0.2, 0) is 43.2 Å². The lowest BCUT2D eigenvalue weighted by molar-refractivity contribution is -0.147. The number of carbonyl (C=O) groups is 9. The number of rotatable bonds is 25. The van der Waals surface area contributed by atoms with Crippen LogP contribution >= 0.6 is 11.8 Å². The molecule has 0 spiro atoms. The van der Waals surface area contributed by atoms with E-state index in [4.69, 9.17) is 33.1 Å². The van der Waals surface area contributed by atoms with Crippen molar-refractivity contribution in [1.29, 1.82) is 0 Å². The van der Waals surface area contributed by atoms with Gasteiger partial charge >= 0.3 is 11.9 Å². The number of amides is 7. The van der Waals surface area contributed by atoms with Gasteiger partial charge in [-0.1, -0.05) is 0 Å². The van der Waals surface area contributed by atoms with E-state index < -0.39 is 115 Å². The first-order valence-electron chi connectivity index (χ1n) is 15.7. The SMILES string of the molecule is CSCC[C@H](N)C(=O)N[C@@H](CCCN=C(N)N)C(=O)N[C@H](C(=O)NCC(=O)N[C@@H](CC(N)=O)C(=O)N[C@@H](C)C(=O)N[C@@H](CC(=O)O)C(=O)O)[C@@H](C)O. The highest BCUT2D eigenvalue weighted by atomic mass is 32.2. The van der Waals surface area contributed by atoms with Gasteiger partial charge in [0.1, 0.15) is 30.2 Å². The van der Waals surface area contributed by atoms with Crippen molar-refractivity contribution < 1.29 is 58.5 Å². The van der Waals surface area contributed by atoms with Crippen molar-refractivity contribution in [1.82, 2.24) is 31.9 Å². The van der Waals surface area contributed by atoms with Crippen LogP contribution in [0.15, 0.2) is 4.99 Å². The summed E-state index contributed by atoms with van der Waals surface area (Å²) in [7, 11) is 0. The van der Waals surface area contributed by atoms with Gasteiger partial charge in [-0.2, -0.15) is 11.8 Å². The van der Waals surface area contributed by atoms with Gasteiger partial charge in [0.05, 0.1) is 31.5 Å². The zero-order valence-corrected chi connectivity index (χ0v) is 29.7. The largest absolute Gasteiger partial charge is 0.481 e. The molecule has 0 unspecified atom stereocenters. The molecule has 0 aliphatic rings. The Hall–Kier alpha value is -5.23. The van der Waals surface area contributed by atoms with E-state index in [0.717, 1.165) is 6.92 Å². The number of thioether (sulfide) groups is 1. The van der Waals surface area contributed by atoms with Crippen LogP contribution < -0.4 is 54.8 Å². The molecule has 23 nitrogen and oxygen atoms in total. The molecule has 17 N–H and O–H groups in total. The molecule has 0 aromatic rings. The predicted octanol–water partition coefficient (Wildman–Crippen LogP) is -6.50. The monoisotopic (exact) mass is 763 g/mol. The summed E-state index contributed by atoms with van der Waals surface area (Å²) in [6.07, 6.45) is -0.894. The number of hydrogen-bond acceptors (Lipinski definition) is 13. The molecule has 0 aliphatic carbocycles. The summed E-state index contributed by atoms with van der Waals surface area (Å²) in [6, 6.07) is -8.81. The van der Waals surface area contributed by atoms with Gasteiger partial charge in [-0.05, 0) is 45.1 Å². The maximum absolute atomic E-state index is 13.2. The molecule has 0 heterocycles. The summed E-state index contributed by atoms with van der Waals surface area (Å²) in [4.78, 5) is 114. The van der Waals surface area contributed by atoms with E-state index in [2.05, 4.69) is 31.6 Å². The fourth-order valence-corrected chi connectivity index (χ4v) is 4.56. The molecule has 0 rings (SSSR count). The van der Waals surface area contributed by atoms with E-state index in [1.165, 1.54) is 18.7 Å². The van der Waals surface area contributed by atoms with Gasteiger partial charge in [0.15, 0.2) is 5.96 Å². The Bertz CT molecular complexity index is 1330. The molecular weight excluding hydrogens is 714 g/mol. The van der Waals surface area contributed by atoms with E-state index >= 15 is 0 Å². The highest BCUT2D eigenvalue weighted by Crippen LogP contribution is 2.05. The van der Waals surface area contributed by atoms with Gasteiger partial charge < -0.3 is 70.2 Å². The summed E-state index contributed by atoms with van der Waals surface area (Å²) in [5.74, 6) is -9.71. The lowest BCUT2D eigenvalue weighted by Crippen LogP contribution is -2.59. The Morgan fingerprint density at radius 2 is 1.33 bits per heavy atom. The summed E-state index contributed by atoms with van der Waals surface area (Å²) >= 11 is 1.46. The van der Waals surface area contributed by atoms with Gasteiger partial charge in [0, 0.05) is 6.54 Å². The third kappa shape index (κ3) is 19.2. The molecule has 294 valence electrons. The van der Waals surface area contributed by atoms with Gasteiger partial charge in [0.2, 0.25) is 41.4 Å². The van der Waals surface area contributed by atoms with Crippen LogP contribution in [0.25, 0.3) is 0 Å². The van der Waals surface area contributed by atoms with Gasteiger partial charge in [-0.25, -0.2) is 4.79 Å². The number of aliphatic hydroxyl groups excluding tert-OH is 1. The van der Waals surface area contributed by atoms with Gasteiger partial charge in [-0.3, -0.25) is 43.3 Å². The summed E-state index contributed by atoms with van der Waals surface area (Å²) in [6.45, 7) is 1.53. The fraction of sp³-hybridized carbons (Fsp3) is 0.643. The highest BCUT2D eigenvalue weighted by Gasteiger charge is 2.32. The zero-order valence-electron chi connectivity index (χ0n) is 28.9. The van der Waals surface area contributed by atoms with Crippen LogP contribution in [0.2, 0.25) is 0 Å². The smallest absolute Gasteiger partial charge is 0.326 e. The molecule has 0 aromatic carbocycles. The van der Waals surface area contributed by atoms with Crippen LogP contribution in [0.3, 0.4) is 0 Å². The molecule has 7 amide bonds. The highest BCUT2D eigenvalue weighted by molar-refractivity contribution is 7.98. The first-order chi connectivity index (χ1) is 24.2. The first-order valence-corrected chi connectivity index (χ1v) is 17.1. The Morgan fingerprint density at radius 1 is 0.731 bits per heavy atom. The number of nitrogens with two attached hydrogens (primary N) is 4. The van der Waals surface area contributed by atoms with E-state index in [1.807, 2.05) is 11.6 Å². The molecule has 0 aromatic heterocycles. The van der Waals surface area contributed by atoms with E-state index in [-0.39, 0.29) is 25.3 Å². The normalized spacial score (nSPS) is 14.7. The minimum Gasteiger partial charge on any atom is -0.481 e. The minimum absolute atomic E-state index is 0.00617. The quantitative estimate of drug-likeness (QED) is 0.0233. The molecule has 0 saturated heterocycles. The number of aliphatic carboxylic acids is 2. The average molecular weight is 764 g/mol. The van der Waals surface area contributed by atoms with Crippen molar-refractivity contribution in [2.24, 2.45) is 27.9 Å². The number of aliphatic hydroxyl groups is 1. The second-order valence-corrected chi connectivity index (χ2v) is 12.3. The third-order valence-electron chi connectivity index (χ3n) is 6.84. The summed E-state index contributed by atoms with van der Waals surface area (Å²) < 4.78 is 0. The van der Waals surface area contributed by atoms with E-state index in [0.29, 0.717) is 12.2 Å². The number of guanidine groups is 1. The van der Waals surface area contributed by atoms with E-state index in [1.54, 1.807) is 0 Å². The van der Waals surface area contributed by atoms with Crippen LogP contribution in [0.4, 0.5) is 0 Å². The average Bonchev–Trinajstić information content (AvgIpc) is 3.04. The lowest BCUT2D eigenvalue weighted by Gasteiger charge is -2.25. The molecule has 0 saturated carbocycles. The fourth-order valence-electron chi connectivity index (χ4n) is 4.07. The van der Waals surface area contributed by atoms with Crippen LogP contribution in [-0.4, -0.2) is 142 Å². The third-order valence-corrected chi connectivity index (χ3v) is 7.48. The van der Waals surface area contributed by atoms with Crippen molar-refractivity contribution in [3.8, 4) is 0 Å². The molecule has 52 heavy (non-hydrogen) atoms. The van der Waals surface area contributed by atoms with E-state index in [9.17, 15) is 48.3 Å². The number of carboxylic acid groups (broad SMARTS) is 2. The molecule has 7 atom stereocenters. The van der Waals surface area contributed by atoms with Gasteiger partial charge in [-0.15, -0.1) is 0 Å². The number of nitrogens with one attached hydrogen (secondary N) is 6. The standard InChI is InChI=1S/C28H49N11O12S/c1-12(22(45)38-17(27(50)51)10-20(43)44)35-25(48)16(9-18(30)41)36-19(42)11-34-26(49)21(13(2)40)39-24(47)15(5-4-7-33-28(31)32)37-23(46)14(29)6-8-52-3/h12-17,21,40H,4-11,29H2,1-3H3,(H2,30,41)(H,34,49)(H,35,48)(H,36,42)(H,37,46)(H,38,45)(H,39,47)(H,43,44)(H,50,51)(H4,31,32,33)/t12-,13+,14-,15-,16-,17-,21-/m0/s1. The van der Waals surface area contributed by atoms with Crippen LogP contribution in [0.1, 0.15) is 46.0 Å². The number of aliphatic imine (C=N–C) groups is 1. The molecule has 0 radical (unpaired) electrons. The molecular formula is C28H49N11O12S. The second-order valence-electron chi connectivity index (χ2n) is 11.4. The van der Waals surface area contributed by atoms with Crippen molar-refractivity contribution in [2.75, 3.05) is 25.1 Å². The molecule has 0 fully saturated rings. The predicted molar refractivity (Wildman–Crippen MR) is 185 cm³/mol. The number of hydrogen-bond donors (Lipinski definition) is 13. The topological polar surface area (TPSA) is 403 Å². The van der Waals surface area contributed by atoms with Crippen LogP contribution in [0, 0.1) is 0 Å². The summed E-state index contributed by atoms with van der Waals surface area (Å²) in [5.41, 5.74) is 21.7. The van der Waals surface area contributed by atoms with Crippen LogP contribution in [0.5, 0.6) is 0 Å². The summed E-state index contributed by atoms with van der Waals surface area (Å²) in [5, 5.41) is 41.4. The Kier molecular flexibility index (Phi) is 21.6. The number of nitrogens with zero attached hydrogens (tertiary/aromatic N) is 1. The maximum atomic E-state index is 13.2. The maximum Gasteiger partial charge on any atom is 0.326 e. The molecule has 0 bridgehead atoms. The first kappa shape index (κ1) is 46.8. The number of primary amides is 1. The number of carbonyl (C=O) groups excluding carboxylic acids is 7. The van der Waals surface area contributed by atoms with Crippen molar-refractivity contribution in [3.05, 3.63) is 0 Å².